The van der Waals surface area contributed by atoms with Crippen molar-refractivity contribution in [3.8, 4) is 0 Å². The molecule has 0 saturated carbocycles. The smallest absolute Gasteiger partial charge is 0.123 e. The first kappa shape index (κ1) is 12.9. The quantitative estimate of drug-likeness (QED) is 0.757. The Morgan fingerprint density at radius 1 is 1.38 bits per heavy atom. The maximum Gasteiger partial charge on any atom is 0.123 e. The maximum absolute atomic E-state index is 12.8. The Balaban J connectivity index is 2.83. The molecule has 0 fully saturated rings. The standard InChI is InChI=1S/C14H19FO/c1-4-5-6-13(16)14(2,3)11-7-9-12(15)10-8-11/h4,7-10,13,16H,1,5-6H2,2-3H3. The van der Waals surface area contributed by atoms with E-state index in [4.69, 9.17) is 0 Å². The highest BCUT2D eigenvalue weighted by molar-refractivity contribution is 5.25. The Hall–Kier alpha value is -1.15. The molecule has 0 heterocycles. The third-order valence-electron chi connectivity index (χ3n) is 3.07. The summed E-state index contributed by atoms with van der Waals surface area (Å²) in [5.41, 5.74) is 0.585. The van der Waals surface area contributed by atoms with Crippen molar-refractivity contribution in [2.45, 2.75) is 38.2 Å². The van der Waals surface area contributed by atoms with Crippen LogP contribution < -0.4 is 0 Å². The molecule has 1 atom stereocenters. The van der Waals surface area contributed by atoms with Crippen molar-refractivity contribution in [1.29, 1.82) is 0 Å². The van der Waals surface area contributed by atoms with Gasteiger partial charge in [0.25, 0.3) is 0 Å². The van der Waals surface area contributed by atoms with Crippen molar-refractivity contribution >= 4 is 0 Å². The van der Waals surface area contributed by atoms with Crippen molar-refractivity contribution < 1.29 is 9.50 Å². The van der Waals surface area contributed by atoms with Gasteiger partial charge in [-0.1, -0.05) is 32.1 Å². The molecule has 16 heavy (non-hydrogen) atoms. The average Bonchev–Trinajstić information content (AvgIpc) is 2.26. The van der Waals surface area contributed by atoms with Crippen molar-refractivity contribution in [2.24, 2.45) is 0 Å². The molecule has 0 amide bonds. The predicted molar refractivity (Wildman–Crippen MR) is 64.9 cm³/mol. The molecule has 1 rings (SSSR count). The summed E-state index contributed by atoms with van der Waals surface area (Å²) in [6, 6.07) is 6.31. The molecule has 0 aromatic heterocycles. The normalized spacial score (nSPS) is 13.5. The van der Waals surface area contributed by atoms with Crippen molar-refractivity contribution in [3.63, 3.8) is 0 Å². The number of hydrogen-bond acceptors (Lipinski definition) is 1. The van der Waals surface area contributed by atoms with Crippen LogP contribution in [0.1, 0.15) is 32.3 Å². The van der Waals surface area contributed by atoms with Crippen molar-refractivity contribution in [2.75, 3.05) is 0 Å². The largest absolute Gasteiger partial charge is 0.392 e. The van der Waals surface area contributed by atoms with Gasteiger partial charge in [0.2, 0.25) is 0 Å². The Bertz CT molecular complexity index is 340. The van der Waals surface area contributed by atoms with Crippen molar-refractivity contribution in [1.82, 2.24) is 0 Å². The topological polar surface area (TPSA) is 20.2 Å². The summed E-state index contributed by atoms with van der Waals surface area (Å²) < 4.78 is 12.8. The summed E-state index contributed by atoms with van der Waals surface area (Å²) in [6.45, 7) is 7.57. The van der Waals surface area contributed by atoms with Gasteiger partial charge in [0.1, 0.15) is 5.82 Å². The fourth-order valence-corrected chi connectivity index (χ4v) is 1.71. The molecule has 0 aliphatic rings. The predicted octanol–water partition coefficient (Wildman–Crippen LogP) is 3.43. The number of aliphatic hydroxyl groups is 1. The van der Waals surface area contributed by atoms with E-state index in [0.29, 0.717) is 6.42 Å². The molecule has 1 N–H and O–H groups in total. The van der Waals surface area contributed by atoms with E-state index in [2.05, 4.69) is 6.58 Å². The monoisotopic (exact) mass is 222 g/mol. The number of hydrogen-bond donors (Lipinski definition) is 1. The third-order valence-corrected chi connectivity index (χ3v) is 3.07. The Morgan fingerprint density at radius 3 is 2.44 bits per heavy atom. The lowest BCUT2D eigenvalue weighted by atomic mass is 9.78. The number of aliphatic hydroxyl groups excluding tert-OH is 1. The van der Waals surface area contributed by atoms with Crippen LogP contribution in [0.4, 0.5) is 4.39 Å². The van der Waals surface area contributed by atoms with Gasteiger partial charge in [0, 0.05) is 5.41 Å². The van der Waals surface area contributed by atoms with Crippen LogP contribution in [0.25, 0.3) is 0 Å². The summed E-state index contributed by atoms with van der Waals surface area (Å²) in [6.07, 6.45) is 2.81. The van der Waals surface area contributed by atoms with E-state index in [0.717, 1.165) is 12.0 Å². The lowest BCUT2D eigenvalue weighted by Crippen LogP contribution is -2.33. The highest BCUT2D eigenvalue weighted by atomic mass is 19.1. The fraction of sp³-hybridized carbons (Fsp3) is 0.429. The van der Waals surface area contributed by atoms with Gasteiger partial charge in [-0.25, -0.2) is 4.39 Å². The van der Waals surface area contributed by atoms with E-state index >= 15 is 0 Å². The summed E-state index contributed by atoms with van der Waals surface area (Å²) >= 11 is 0. The zero-order chi connectivity index (χ0) is 12.2. The lowest BCUT2D eigenvalue weighted by molar-refractivity contribution is 0.0922. The molecule has 1 unspecified atom stereocenters. The minimum absolute atomic E-state index is 0.250. The molecule has 0 radical (unpaired) electrons. The second-order valence-corrected chi connectivity index (χ2v) is 4.61. The van der Waals surface area contributed by atoms with Crippen LogP contribution in [0.3, 0.4) is 0 Å². The molecule has 1 aromatic rings. The summed E-state index contributed by atoms with van der Waals surface area (Å²) in [4.78, 5) is 0. The fourth-order valence-electron chi connectivity index (χ4n) is 1.71. The van der Waals surface area contributed by atoms with Gasteiger partial charge in [0.05, 0.1) is 6.10 Å². The average molecular weight is 222 g/mol. The zero-order valence-corrected chi connectivity index (χ0v) is 9.91. The number of halogens is 1. The van der Waals surface area contributed by atoms with Gasteiger partial charge in [-0.3, -0.25) is 0 Å². The molecule has 0 aliphatic carbocycles. The molecular weight excluding hydrogens is 203 g/mol. The Labute approximate surface area is 96.6 Å². The van der Waals surface area contributed by atoms with Gasteiger partial charge in [-0.05, 0) is 30.5 Å². The first-order chi connectivity index (χ1) is 7.48. The van der Waals surface area contributed by atoms with E-state index in [9.17, 15) is 9.50 Å². The molecule has 2 heteroatoms. The first-order valence-corrected chi connectivity index (χ1v) is 5.53. The van der Waals surface area contributed by atoms with Gasteiger partial charge in [-0.2, -0.15) is 0 Å². The molecule has 0 saturated heterocycles. The molecule has 1 aromatic carbocycles. The summed E-state index contributed by atoms with van der Waals surface area (Å²) in [7, 11) is 0. The summed E-state index contributed by atoms with van der Waals surface area (Å²) in [5.74, 6) is -0.250. The van der Waals surface area contributed by atoms with E-state index in [1.807, 2.05) is 13.8 Å². The molecule has 0 spiro atoms. The third kappa shape index (κ3) is 2.92. The van der Waals surface area contributed by atoms with Gasteiger partial charge >= 0.3 is 0 Å². The Kier molecular flexibility index (Phi) is 4.25. The van der Waals surface area contributed by atoms with Gasteiger partial charge in [-0.15, -0.1) is 6.58 Å². The van der Waals surface area contributed by atoms with Crippen molar-refractivity contribution in [3.05, 3.63) is 48.3 Å². The molecule has 88 valence electrons. The SMILES string of the molecule is C=CCCC(O)C(C)(C)c1ccc(F)cc1. The van der Waals surface area contributed by atoms with E-state index in [1.165, 1.54) is 12.1 Å². The number of rotatable bonds is 5. The van der Waals surface area contributed by atoms with Gasteiger partial charge < -0.3 is 5.11 Å². The highest BCUT2D eigenvalue weighted by Gasteiger charge is 2.28. The molecule has 0 aliphatic heterocycles. The van der Waals surface area contributed by atoms with E-state index < -0.39 is 6.10 Å². The van der Waals surface area contributed by atoms with Crippen LogP contribution in [0.15, 0.2) is 36.9 Å². The van der Waals surface area contributed by atoms with Gasteiger partial charge in [0.15, 0.2) is 0 Å². The van der Waals surface area contributed by atoms with Crippen LogP contribution >= 0.6 is 0 Å². The van der Waals surface area contributed by atoms with E-state index in [-0.39, 0.29) is 11.2 Å². The van der Waals surface area contributed by atoms with Crippen LogP contribution in [0.2, 0.25) is 0 Å². The lowest BCUT2D eigenvalue weighted by Gasteiger charge is -2.31. The molecule has 1 nitrogen and oxygen atoms in total. The Morgan fingerprint density at radius 2 is 1.94 bits per heavy atom. The maximum atomic E-state index is 12.8. The minimum Gasteiger partial charge on any atom is -0.392 e. The second-order valence-electron chi connectivity index (χ2n) is 4.61. The molecular formula is C14H19FO. The zero-order valence-electron chi connectivity index (χ0n) is 9.91. The second kappa shape index (κ2) is 5.26. The van der Waals surface area contributed by atoms with E-state index in [1.54, 1.807) is 18.2 Å². The molecule has 0 bridgehead atoms. The minimum atomic E-state index is -0.448. The number of benzene rings is 1. The first-order valence-electron chi connectivity index (χ1n) is 5.53. The highest BCUT2D eigenvalue weighted by Crippen LogP contribution is 2.29. The number of allylic oxidation sites excluding steroid dienone is 1. The van der Waals surface area contributed by atoms with Crippen LogP contribution in [0.5, 0.6) is 0 Å². The van der Waals surface area contributed by atoms with Crippen LogP contribution in [-0.2, 0) is 5.41 Å². The van der Waals surface area contributed by atoms with Crippen LogP contribution in [-0.4, -0.2) is 11.2 Å². The van der Waals surface area contributed by atoms with Crippen LogP contribution in [0, 0.1) is 5.82 Å². The summed E-state index contributed by atoms with van der Waals surface area (Å²) in [5, 5.41) is 10.1.